The summed E-state index contributed by atoms with van der Waals surface area (Å²) in [6, 6.07) is 0. The summed E-state index contributed by atoms with van der Waals surface area (Å²) in [5.74, 6) is 4.39. The van der Waals surface area contributed by atoms with E-state index in [0.29, 0.717) is 0 Å². The van der Waals surface area contributed by atoms with Gasteiger partial charge in [-0.2, -0.15) is 0 Å². The maximum atomic E-state index is 2.33. The van der Waals surface area contributed by atoms with Gasteiger partial charge in [0.1, 0.15) is 0 Å². The van der Waals surface area contributed by atoms with Gasteiger partial charge in [-0.15, -0.1) is 0 Å². The van der Waals surface area contributed by atoms with Crippen molar-refractivity contribution in [1.82, 2.24) is 0 Å². The van der Waals surface area contributed by atoms with Gasteiger partial charge in [0.2, 0.25) is 0 Å². The van der Waals surface area contributed by atoms with Crippen LogP contribution in [0.5, 0.6) is 0 Å². The first-order chi connectivity index (χ1) is 13.8. The fourth-order valence-electron chi connectivity index (χ4n) is 6.32. The van der Waals surface area contributed by atoms with E-state index in [1.807, 2.05) is 0 Å². The zero-order valence-electron chi connectivity index (χ0n) is 19.9. The Bertz CT molecular complexity index is 330. The Morgan fingerprint density at radius 2 is 0.714 bits per heavy atom. The second-order valence-corrected chi connectivity index (χ2v) is 10.7. The fourth-order valence-corrected chi connectivity index (χ4v) is 6.32. The molecule has 0 radical (unpaired) electrons. The van der Waals surface area contributed by atoms with Gasteiger partial charge >= 0.3 is 0 Å². The lowest BCUT2D eigenvalue weighted by Crippen LogP contribution is -2.25. The van der Waals surface area contributed by atoms with Crippen molar-refractivity contribution >= 4 is 0 Å². The van der Waals surface area contributed by atoms with E-state index in [0.717, 1.165) is 23.7 Å². The largest absolute Gasteiger partial charge is 0.0654 e. The number of rotatable bonds is 15. The normalized spacial score (nSPS) is 28.5. The van der Waals surface area contributed by atoms with Crippen molar-refractivity contribution in [2.24, 2.45) is 23.7 Å². The lowest BCUT2D eigenvalue weighted by Gasteiger charge is -2.38. The van der Waals surface area contributed by atoms with Crippen LogP contribution >= 0.6 is 0 Å². The maximum Gasteiger partial charge on any atom is -0.0386 e. The molecule has 0 aromatic carbocycles. The number of hydrogen-bond acceptors (Lipinski definition) is 0. The van der Waals surface area contributed by atoms with Crippen LogP contribution in [0, 0.1) is 23.7 Å². The smallest absolute Gasteiger partial charge is 0.0386 e. The Morgan fingerprint density at radius 1 is 0.393 bits per heavy atom. The quantitative estimate of drug-likeness (QED) is 0.244. The van der Waals surface area contributed by atoms with Crippen LogP contribution in [0.1, 0.15) is 155 Å². The molecule has 2 rings (SSSR count). The molecule has 0 heteroatoms. The van der Waals surface area contributed by atoms with Gasteiger partial charge in [-0.3, -0.25) is 0 Å². The average molecular weight is 391 g/mol. The third kappa shape index (κ3) is 10.2. The summed E-state index contributed by atoms with van der Waals surface area (Å²) in [4.78, 5) is 0. The summed E-state index contributed by atoms with van der Waals surface area (Å²) in [5.41, 5.74) is 0. The minimum Gasteiger partial charge on any atom is -0.0654 e. The summed E-state index contributed by atoms with van der Waals surface area (Å²) in [5, 5.41) is 0. The van der Waals surface area contributed by atoms with Crippen molar-refractivity contribution in [2.45, 2.75) is 155 Å². The van der Waals surface area contributed by atoms with E-state index in [4.69, 9.17) is 0 Å². The molecule has 166 valence electrons. The number of hydrogen-bond donors (Lipinski definition) is 0. The van der Waals surface area contributed by atoms with Gasteiger partial charge in [0.15, 0.2) is 0 Å². The number of unbranched alkanes of at least 4 members (excludes halogenated alkanes) is 10. The first kappa shape index (κ1) is 24.3. The van der Waals surface area contributed by atoms with E-state index in [9.17, 15) is 0 Å². The summed E-state index contributed by atoms with van der Waals surface area (Å²) in [6.45, 7) is 4.64. The molecule has 0 unspecified atom stereocenters. The highest BCUT2D eigenvalue weighted by Crippen LogP contribution is 2.43. The molecular formula is C28H54. The molecule has 2 fully saturated rings. The topological polar surface area (TPSA) is 0 Å². The van der Waals surface area contributed by atoms with Crippen LogP contribution in [0.2, 0.25) is 0 Å². The third-order valence-electron chi connectivity index (χ3n) is 8.38. The molecule has 2 saturated carbocycles. The molecule has 0 aliphatic heterocycles. The molecule has 0 aromatic rings. The molecule has 0 N–H and O–H groups in total. The lowest BCUT2D eigenvalue weighted by atomic mass is 9.68. The first-order valence-electron chi connectivity index (χ1n) is 13.8. The molecule has 0 spiro atoms. The Labute approximate surface area is 179 Å². The van der Waals surface area contributed by atoms with Crippen molar-refractivity contribution in [3.63, 3.8) is 0 Å². The van der Waals surface area contributed by atoms with Crippen LogP contribution < -0.4 is 0 Å². The molecule has 0 amide bonds. The van der Waals surface area contributed by atoms with Gasteiger partial charge in [0, 0.05) is 0 Å². The Balaban J connectivity index is 1.45. The summed E-state index contributed by atoms with van der Waals surface area (Å²) in [7, 11) is 0. The van der Waals surface area contributed by atoms with E-state index in [1.165, 1.54) is 83.5 Å². The van der Waals surface area contributed by atoms with Crippen LogP contribution in [0.15, 0.2) is 0 Å². The van der Waals surface area contributed by atoms with Gasteiger partial charge in [-0.05, 0) is 49.4 Å². The van der Waals surface area contributed by atoms with Gasteiger partial charge in [0.05, 0.1) is 0 Å². The van der Waals surface area contributed by atoms with Crippen molar-refractivity contribution in [3.8, 4) is 0 Å². The van der Waals surface area contributed by atoms with E-state index in [1.54, 1.807) is 57.8 Å². The van der Waals surface area contributed by atoms with Crippen molar-refractivity contribution < 1.29 is 0 Å². The molecule has 2 aliphatic rings. The Morgan fingerprint density at radius 3 is 1.11 bits per heavy atom. The van der Waals surface area contributed by atoms with Crippen molar-refractivity contribution in [2.75, 3.05) is 0 Å². The molecule has 0 saturated heterocycles. The van der Waals surface area contributed by atoms with Crippen molar-refractivity contribution in [1.29, 1.82) is 0 Å². The van der Waals surface area contributed by atoms with Crippen LogP contribution in [-0.2, 0) is 0 Å². The average Bonchev–Trinajstić information content (AvgIpc) is 2.74. The standard InChI is InChI=1S/C28H54/c1-3-5-7-9-10-11-12-14-16-26-19-23-28(24-20-26)27-21-17-25(18-22-27)15-13-8-6-4-2/h25-28H,3-24H2,1-2H3. The summed E-state index contributed by atoms with van der Waals surface area (Å²) < 4.78 is 0. The van der Waals surface area contributed by atoms with E-state index in [2.05, 4.69) is 13.8 Å². The summed E-state index contributed by atoms with van der Waals surface area (Å²) in [6.07, 6.45) is 33.3. The monoisotopic (exact) mass is 390 g/mol. The predicted molar refractivity (Wildman–Crippen MR) is 127 cm³/mol. The van der Waals surface area contributed by atoms with E-state index < -0.39 is 0 Å². The highest BCUT2D eigenvalue weighted by atomic mass is 14.4. The van der Waals surface area contributed by atoms with Crippen LogP contribution in [0.4, 0.5) is 0 Å². The van der Waals surface area contributed by atoms with Crippen molar-refractivity contribution in [3.05, 3.63) is 0 Å². The first-order valence-corrected chi connectivity index (χ1v) is 13.8. The maximum absolute atomic E-state index is 2.33. The molecule has 0 heterocycles. The van der Waals surface area contributed by atoms with Gasteiger partial charge in [0.25, 0.3) is 0 Å². The minimum absolute atomic E-state index is 1.09. The third-order valence-corrected chi connectivity index (χ3v) is 8.38. The highest BCUT2D eigenvalue weighted by molar-refractivity contribution is 4.82. The Hall–Kier alpha value is 0. The molecule has 0 bridgehead atoms. The molecule has 28 heavy (non-hydrogen) atoms. The van der Waals surface area contributed by atoms with E-state index in [-0.39, 0.29) is 0 Å². The molecular weight excluding hydrogens is 336 g/mol. The van der Waals surface area contributed by atoms with Crippen LogP contribution in [0.25, 0.3) is 0 Å². The zero-order chi connectivity index (χ0) is 19.9. The lowest BCUT2D eigenvalue weighted by molar-refractivity contribution is 0.139. The van der Waals surface area contributed by atoms with Gasteiger partial charge < -0.3 is 0 Å². The fraction of sp³-hybridized carbons (Fsp3) is 1.00. The second kappa shape index (κ2) is 15.8. The zero-order valence-corrected chi connectivity index (χ0v) is 19.9. The SMILES string of the molecule is CCCCCCCCCCC1CCC(C2CCC(CCCCCC)CC2)CC1. The van der Waals surface area contributed by atoms with E-state index >= 15 is 0 Å². The molecule has 2 aliphatic carbocycles. The molecule has 0 nitrogen and oxygen atoms in total. The molecule has 0 aromatic heterocycles. The van der Waals surface area contributed by atoms with Crippen LogP contribution in [-0.4, -0.2) is 0 Å². The Kier molecular flexibility index (Phi) is 13.7. The second-order valence-electron chi connectivity index (χ2n) is 10.7. The van der Waals surface area contributed by atoms with Gasteiger partial charge in [-0.1, -0.05) is 129 Å². The minimum atomic E-state index is 1.09. The van der Waals surface area contributed by atoms with Crippen LogP contribution in [0.3, 0.4) is 0 Å². The molecule has 0 atom stereocenters. The van der Waals surface area contributed by atoms with Gasteiger partial charge in [-0.25, -0.2) is 0 Å². The predicted octanol–water partition coefficient (Wildman–Crippen LogP) is 10.1. The highest BCUT2D eigenvalue weighted by Gasteiger charge is 2.30. The summed E-state index contributed by atoms with van der Waals surface area (Å²) >= 11 is 0.